The van der Waals surface area contributed by atoms with Crippen LogP contribution in [0.3, 0.4) is 0 Å². The smallest absolute Gasteiger partial charge is 0.122 e. The molecular formula is C15H25NO2. The lowest BCUT2D eigenvalue weighted by Gasteiger charge is -2.30. The summed E-state index contributed by atoms with van der Waals surface area (Å²) in [6, 6.07) is 2.04. The number of aliphatic hydroxyl groups excluding tert-OH is 1. The number of hydrogen-bond donors (Lipinski definition) is 2. The Morgan fingerprint density at radius 3 is 2.39 bits per heavy atom. The van der Waals surface area contributed by atoms with Crippen LogP contribution in [0.5, 0.6) is 5.75 Å². The number of nitrogens with two attached hydrogens (primary N) is 1. The van der Waals surface area contributed by atoms with Crippen molar-refractivity contribution < 1.29 is 9.84 Å². The maximum Gasteiger partial charge on any atom is 0.122 e. The highest BCUT2D eigenvalue weighted by molar-refractivity contribution is 5.50. The molecule has 1 aromatic rings. The molecule has 0 heterocycles. The van der Waals surface area contributed by atoms with E-state index in [-0.39, 0.29) is 6.61 Å². The van der Waals surface area contributed by atoms with Gasteiger partial charge in [-0.2, -0.15) is 0 Å². The summed E-state index contributed by atoms with van der Waals surface area (Å²) in [6.07, 6.45) is 1.49. The normalized spacial score (nSPS) is 14.4. The zero-order valence-corrected chi connectivity index (χ0v) is 12.1. The molecule has 0 aliphatic heterocycles. The minimum atomic E-state index is -0.409. The van der Waals surface area contributed by atoms with Crippen molar-refractivity contribution in [1.29, 1.82) is 0 Å². The van der Waals surface area contributed by atoms with Gasteiger partial charge in [0.2, 0.25) is 0 Å². The van der Waals surface area contributed by atoms with E-state index in [0.717, 1.165) is 29.7 Å². The van der Waals surface area contributed by atoms with E-state index >= 15 is 0 Å². The summed E-state index contributed by atoms with van der Waals surface area (Å²) in [5, 5.41) is 8.98. The standard InChI is InChI=1S/C15H25NO2/c1-10-9-13(18-5)11(2)12(3)14(10)15(4,16)7-6-8-17/h9,17H,6-8,16H2,1-5H3. The van der Waals surface area contributed by atoms with E-state index in [1.54, 1.807) is 7.11 Å². The number of aliphatic hydroxyl groups is 1. The quantitative estimate of drug-likeness (QED) is 0.845. The van der Waals surface area contributed by atoms with Gasteiger partial charge in [0.05, 0.1) is 7.11 Å². The van der Waals surface area contributed by atoms with E-state index in [2.05, 4.69) is 20.8 Å². The first kappa shape index (κ1) is 15.0. The Morgan fingerprint density at radius 2 is 1.89 bits per heavy atom. The van der Waals surface area contributed by atoms with Crippen molar-refractivity contribution in [1.82, 2.24) is 0 Å². The van der Waals surface area contributed by atoms with Crippen LogP contribution in [-0.2, 0) is 5.54 Å². The zero-order valence-electron chi connectivity index (χ0n) is 12.1. The summed E-state index contributed by atoms with van der Waals surface area (Å²) in [4.78, 5) is 0. The maximum atomic E-state index is 8.98. The fraction of sp³-hybridized carbons (Fsp3) is 0.600. The van der Waals surface area contributed by atoms with Crippen LogP contribution < -0.4 is 10.5 Å². The van der Waals surface area contributed by atoms with Crippen LogP contribution in [0.2, 0.25) is 0 Å². The minimum absolute atomic E-state index is 0.181. The topological polar surface area (TPSA) is 55.5 Å². The van der Waals surface area contributed by atoms with Gasteiger partial charge in [-0.25, -0.2) is 0 Å². The molecule has 0 aliphatic rings. The molecule has 0 amide bonds. The predicted molar refractivity (Wildman–Crippen MR) is 75.1 cm³/mol. The first-order valence-corrected chi connectivity index (χ1v) is 6.40. The van der Waals surface area contributed by atoms with Crippen molar-refractivity contribution in [2.24, 2.45) is 5.73 Å². The molecule has 1 aromatic carbocycles. The molecule has 0 bridgehead atoms. The number of methoxy groups -OCH3 is 1. The van der Waals surface area contributed by atoms with Crippen LogP contribution in [0.25, 0.3) is 0 Å². The predicted octanol–water partition coefficient (Wildman–Crippen LogP) is 2.57. The molecule has 0 aliphatic carbocycles. The van der Waals surface area contributed by atoms with E-state index in [1.807, 2.05) is 13.0 Å². The molecule has 18 heavy (non-hydrogen) atoms. The Bertz CT molecular complexity index is 425. The van der Waals surface area contributed by atoms with Crippen LogP contribution in [-0.4, -0.2) is 18.8 Å². The van der Waals surface area contributed by atoms with Crippen LogP contribution >= 0.6 is 0 Å². The largest absolute Gasteiger partial charge is 0.496 e. The fourth-order valence-corrected chi connectivity index (χ4v) is 2.71. The van der Waals surface area contributed by atoms with E-state index in [1.165, 1.54) is 11.1 Å². The number of ether oxygens (including phenoxy) is 1. The van der Waals surface area contributed by atoms with Gasteiger partial charge in [0.25, 0.3) is 0 Å². The summed E-state index contributed by atoms with van der Waals surface area (Å²) in [5.41, 5.74) is 10.7. The van der Waals surface area contributed by atoms with Crippen LogP contribution in [0.4, 0.5) is 0 Å². The van der Waals surface area contributed by atoms with E-state index in [0.29, 0.717) is 0 Å². The molecule has 1 unspecified atom stereocenters. The third-order valence-electron chi connectivity index (χ3n) is 3.69. The van der Waals surface area contributed by atoms with Crippen molar-refractivity contribution in [3.63, 3.8) is 0 Å². The third-order valence-corrected chi connectivity index (χ3v) is 3.69. The lowest BCUT2D eigenvalue weighted by Crippen LogP contribution is -2.35. The summed E-state index contributed by atoms with van der Waals surface area (Å²) in [6.45, 7) is 8.42. The number of aryl methyl sites for hydroxylation is 1. The van der Waals surface area contributed by atoms with Crippen molar-refractivity contribution in [2.75, 3.05) is 13.7 Å². The average Bonchev–Trinajstić information content (AvgIpc) is 2.31. The summed E-state index contributed by atoms with van der Waals surface area (Å²) < 4.78 is 5.37. The van der Waals surface area contributed by atoms with Gasteiger partial charge in [0, 0.05) is 12.1 Å². The van der Waals surface area contributed by atoms with Gasteiger partial charge in [0.1, 0.15) is 5.75 Å². The second-order valence-electron chi connectivity index (χ2n) is 5.27. The first-order chi connectivity index (χ1) is 8.35. The van der Waals surface area contributed by atoms with Crippen LogP contribution in [0.1, 0.15) is 42.0 Å². The van der Waals surface area contributed by atoms with E-state index in [4.69, 9.17) is 15.6 Å². The number of rotatable bonds is 5. The van der Waals surface area contributed by atoms with Crippen LogP contribution in [0, 0.1) is 20.8 Å². The highest BCUT2D eigenvalue weighted by atomic mass is 16.5. The Kier molecular flexibility index (Phi) is 4.77. The molecule has 0 saturated heterocycles. The maximum absolute atomic E-state index is 8.98. The molecule has 0 saturated carbocycles. The molecule has 1 rings (SSSR count). The Labute approximate surface area is 110 Å². The zero-order chi connectivity index (χ0) is 13.9. The Balaban J connectivity index is 3.28. The van der Waals surface area contributed by atoms with Crippen molar-refractivity contribution in [3.05, 3.63) is 28.3 Å². The van der Waals surface area contributed by atoms with Gasteiger partial charge in [-0.1, -0.05) is 0 Å². The first-order valence-electron chi connectivity index (χ1n) is 6.40. The molecular weight excluding hydrogens is 226 g/mol. The number of hydrogen-bond acceptors (Lipinski definition) is 3. The van der Waals surface area contributed by atoms with Crippen LogP contribution in [0.15, 0.2) is 6.07 Å². The van der Waals surface area contributed by atoms with Crippen molar-refractivity contribution >= 4 is 0 Å². The second kappa shape index (κ2) is 5.72. The van der Waals surface area contributed by atoms with Gasteiger partial charge in [-0.15, -0.1) is 0 Å². The molecule has 3 heteroatoms. The fourth-order valence-electron chi connectivity index (χ4n) is 2.71. The molecule has 0 spiro atoms. The van der Waals surface area contributed by atoms with Crippen molar-refractivity contribution in [3.8, 4) is 5.75 Å². The molecule has 0 fully saturated rings. The molecule has 0 radical (unpaired) electrons. The van der Waals surface area contributed by atoms with E-state index < -0.39 is 5.54 Å². The molecule has 0 aromatic heterocycles. The molecule has 1 atom stereocenters. The van der Waals surface area contributed by atoms with Gasteiger partial charge in [0.15, 0.2) is 0 Å². The lowest BCUT2D eigenvalue weighted by atomic mass is 9.81. The van der Waals surface area contributed by atoms with E-state index in [9.17, 15) is 0 Å². The highest BCUT2D eigenvalue weighted by Crippen LogP contribution is 2.35. The Morgan fingerprint density at radius 1 is 1.28 bits per heavy atom. The third kappa shape index (κ3) is 2.85. The summed E-state index contributed by atoms with van der Waals surface area (Å²) in [5.74, 6) is 0.909. The lowest BCUT2D eigenvalue weighted by molar-refractivity contribution is 0.265. The monoisotopic (exact) mass is 251 g/mol. The van der Waals surface area contributed by atoms with Gasteiger partial charge < -0.3 is 15.6 Å². The average molecular weight is 251 g/mol. The number of benzene rings is 1. The minimum Gasteiger partial charge on any atom is -0.496 e. The Hall–Kier alpha value is -1.06. The summed E-state index contributed by atoms with van der Waals surface area (Å²) >= 11 is 0. The van der Waals surface area contributed by atoms with Crippen molar-refractivity contribution in [2.45, 2.75) is 46.1 Å². The van der Waals surface area contributed by atoms with Gasteiger partial charge in [-0.05, 0) is 68.9 Å². The SMILES string of the molecule is COc1cc(C)c(C(C)(N)CCCO)c(C)c1C. The van der Waals surface area contributed by atoms with Gasteiger partial charge >= 0.3 is 0 Å². The summed E-state index contributed by atoms with van der Waals surface area (Å²) in [7, 11) is 1.69. The van der Waals surface area contributed by atoms with Gasteiger partial charge in [-0.3, -0.25) is 0 Å². The molecule has 102 valence electrons. The highest BCUT2D eigenvalue weighted by Gasteiger charge is 2.26. The molecule has 3 nitrogen and oxygen atoms in total. The molecule has 3 N–H and O–H groups in total. The second-order valence-corrected chi connectivity index (χ2v) is 5.27.